The number of nitrogens with zero attached hydrogens (tertiary/aromatic N) is 1. The molecule has 0 radical (unpaired) electrons. The van der Waals surface area contributed by atoms with Gasteiger partial charge in [0.2, 0.25) is 0 Å². The predicted octanol–water partition coefficient (Wildman–Crippen LogP) is 9.77. The SMILES string of the molecule is O=C1c2ccccc2C(=O)N1[C@H]1[C@H](OCc2ccccc2)O[C@H](COC(c2ccccc2)(c2ccccc2)c2ccccc2)[C@@H](OCc2ccccc2)[C@@H]1OCc1ccccc1. The molecule has 0 bridgehead atoms. The van der Waals surface area contributed by atoms with Crippen LogP contribution in [0.5, 0.6) is 0 Å². The van der Waals surface area contributed by atoms with Crippen molar-refractivity contribution in [1.29, 1.82) is 0 Å². The van der Waals surface area contributed by atoms with Crippen molar-refractivity contribution in [2.45, 2.75) is 56.1 Å². The largest absolute Gasteiger partial charge is 0.368 e. The van der Waals surface area contributed by atoms with Gasteiger partial charge < -0.3 is 23.7 Å². The van der Waals surface area contributed by atoms with Gasteiger partial charge in [-0.1, -0.05) is 194 Å². The number of fused-ring (bicyclic) bond motifs is 1. The van der Waals surface area contributed by atoms with Crippen molar-refractivity contribution in [2.75, 3.05) is 6.61 Å². The summed E-state index contributed by atoms with van der Waals surface area (Å²) in [5.41, 5.74) is 5.04. The molecule has 8 heteroatoms. The molecule has 0 unspecified atom stereocenters. The molecule has 7 aromatic carbocycles. The molecule has 7 aromatic rings. The summed E-state index contributed by atoms with van der Waals surface area (Å²) in [7, 11) is 0. The third-order valence-corrected chi connectivity index (χ3v) is 11.6. The Balaban J connectivity index is 1.17. The van der Waals surface area contributed by atoms with Crippen LogP contribution in [0.25, 0.3) is 0 Å². The van der Waals surface area contributed by atoms with E-state index in [1.165, 1.54) is 4.90 Å². The van der Waals surface area contributed by atoms with Crippen LogP contribution in [-0.2, 0) is 49.1 Å². The lowest BCUT2D eigenvalue weighted by Gasteiger charge is -2.49. The van der Waals surface area contributed by atoms with E-state index in [0.29, 0.717) is 11.1 Å². The van der Waals surface area contributed by atoms with Crippen LogP contribution in [0, 0.1) is 0 Å². The van der Waals surface area contributed by atoms with Crippen molar-refractivity contribution < 1.29 is 33.3 Å². The molecule has 0 spiro atoms. The van der Waals surface area contributed by atoms with E-state index in [4.69, 9.17) is 23.7 Å². The Morgan fingerprint density at radius 1 is 0.435 bits per heavy atom. The second-order valence-electron chi connectivity index (χ2n) is 15.5. The highest BCUT2D eigenvalue weighted by molar-refractivity contribution is 6.21. The highest BCUT2D eigenvalue weighted by Gasteiger charge is 2.56. The minimum Gasteiger partial charge on any atom is -0.368 e. The Hall–Kier alpha value is -6.52. The maximum absolute atomic E-state index is 14.5. The zero-order chi connectivity index (χ0) is 42.1. The van der Waals surface area contributed by atoms with Crippen molar-refractivity contribution in [2.24, 2.45) is 0 Å². The van der Waals surface area contributed by atoms with Crippen molar-refractivity contribution in [3.8, 4) is 0 Å². The zero-order valence-electron chi connectivity index (χ0n) is 34.2. The molecule has 9 rings (SSSR count). The van der Waals surface area contributed by atoms with E-state index in [0.717, 1.165) is 33.4 Å². The third kappa shape index (κ3) is 8.52. The van der Waals surface area contributed by atoms with Crippen LogP contribution in [0.4, 0.5) is 0 Å². The Morgan fingerprint density at radius 3 is 1.21 bits per heavy atom. The van der Waals surface area contributed by atoms with E-state index >= 15 is 0 Å². The lowest BCUT2D eigenvalue weighted by atomic mass is 9.80. The summed E-state index contributed by atoms with van der Waals surface area (Å²) in [6, 6.07) is 65.7. The van der Waals surface area contributed by atoms with Crippen LogP contribution < -0.4 is 0 Å². The summed E-state index contributed by atoms with van der Waals surface area (Å²) in [6.45, 7) is 0.504. The summed E-state index contributed by atoms with van der Waals surface area (Å²) in [4.78, 5) is 30.3. The molecule has 2 aliphatic heterocycles. The molecule has 2 heterocycles. The number of amides is 2. The molecule has 0 aliphatic carbocycles. The minimum absolute atomic E-state index is 0.00334. The van der Waals surface area contributed by atoms with Gasteiger partial charge in [0.15, 0.2) is 6.29 Å². The zero-order valence-corrected chi connectivity index (χ0v) is 34.2. The number of benzene rings is 7. The van der Waals surface area contributed by atoms with Crippen molar-refractivity contribution in [1.82, 2.24) is 4.90 Å². The predicted molar refractivity (Wildman–Crippen MR) is 236 cm³/mol. The Kier molecular flexibility index (Phi) is 12.5. The monoisotopic (exact) mass is 821 g/mol. The molecule has 310 valence electrons. The first-order valence-corrected chi connectivity index (χ1v) is 21.0. The summed E-state index contributed by atoms with van der Waals surface area (Å²) in [6.07, 6.45) is -3.79. The first-order chi connectivity index (χ1) is 30.6. The minimum atomic E-state index is -1.15. The average molecular weight is 822 g/mol. The smallest absolute Gasteiger partial charge is 0.262 e. The van der Waals surface area contributed by atoms with Crippen molar-refractivity contribution >= 4 is 11.8 Å². The second kappa shape index (κ2) is 19.0. The normalized spacial score (nSPS) is 19.9. The van der Waals surface area contributed by atoms with Crippen LogP contribution in [0.3, 0.4) is 0 Å². The van der Waals surface area contributed by atoms with E-state index in [1.54, 1.807) is 24.3 Å². The maximum Gasteiger partial charge on any atom is 0.262 e. The average Bonchev–Trinajstić information content (AvgIpc) is 3.59. The summed E-state index contributed by atoms with van der Waals surface area (Å²) in [5.74, 6) is -0.901. The van der Waals surface area contributed by atoms with E-state index in [1.807, 2.05) is 146 Å². The molecule has 0 aromatic heterocycles. The number of hydrogen-bond donors (Lipinski definition) is 0. The fraction of sp³-hybridized carbons (Fsp3) is 0.185. The molecule has 2 aliphatic rings. The summed E-state index contributed by atoms with van der Waals surface area (Å²) < 4.78 is 35.3. The standard InChI is InChI=1S/C54H47NO7/c56-51-45-33-19-20-34-46(45)52(57)55(51)48-50(59-36-40-23-9-2-10-24-40)49(58-35-39-21-7-1-8-22-39)47(62-53(48)60-37-41-25-11-3-12-26-41)38-61-54(42-27-13-4-14-28-42,43-29-15-5-16-30-43)44-31-17-6-18-32-44/h1-34,47-50,53H,35-38H2/t47-,48-,49-,50-,53-/m1/s1. The van der Waals surface area contributed by atoms with Gasteiger partial charge in [-0.3, -0.25) is 14.5 Å². The molecule has 62 heavy (non-hydrogen) atoms. The van der Waals surface area contributed by atoms with Crippen LogP contribution in [0.1, 0.15) is 54.1 Å². The van der Waals surface area contributed by atoms with Gasteiger partial charge >= 0.3 is 0 Å². The van der Waals surface area contributed by atoms with E-state index in [9.17, 15) is 9.59 Å². The lowest BCUT2D eigenvalue weighted by molar-refractivity contribution is -0.304. The Morgan fingerprint density at radius 2 is 0.790 bits per heavy atom. The van der Waals surface area contributed by atoms with Crippen LogP contribution in [-0.4, -0.2) is 54.0 Å². The molecule has 8 nitrogen and oxygen atoms in total. The van der Waals surface area contributed by atoms with Crippen molar-refractivity contribution in [3.63, 3.8) is 0 Å². The highest BCUT2D eigenvalue weighted by atomic mass is 16.7. The molecular weight excluding hydrogens is 775 g/mol. The number of rotatable bonds is 16. The van der Waals surface area contributed by atoms with Gasteiger partial charge in [0.25, 0.3) is 11.8 Å². The summed E-state index contributed by atoms with van der Waals surface area (Å²) in [5, 5.41) is 0. The number of imide groups is 1. The fourth-order valence-corrected chi connectivity index (χ4v) is 8.57. The van der Waals surface area contributed by atoms with Gasteiger partial charge in [0, 0.05) is 0 Å². The maximum atomic E-state index is 14.5. The molecule has 0 N–H and O–H groups in total. The number of hydrogen-bond acceptors (Lipinski definition) is 7. The second-order valence-corrected chi connectivity index (χ2v) is 15.5. The van der Waals surface area contributed by atoms with Crippen LogP contribution in [0.2, 0.25) is 0 Å². The first-order valence-electron chi connectivity index (χ1n) is 21.0. The Bertz CT molecular complexity index is 2390. The van der Waals surface area contributed by atoms with E-state index in [2.05, 4.69) is 36.4 Å². The number of carbonyl (C=O) groups is 2. The van der Waals surface area contributed by atoms with Gasteiger partial charge in [0.05, 0.1) is 37.6 Å². The molecule has 5 atom stereocenters. The van der Waals surface area contributed by atoms with E-state index < -0.39 is 48.1 Å². The molecular formula is C54H47NO7. The molecule has 1 fully saturated rings. The highest BCUT2D eigenvalue weighted by Crippen LogP contribution is 2.42. The van der Waals surface area contributed by atoms with Crippen LogP contribution in [0.15, 0.2) is 206 Å². The third-order valence-electron chi connectivity index (χ3n) is 11.6. The quantitative estimate of drug-likeness (QED) is 0.0709. The topological polar surface area (TPSA) is 83.5 Å². The lowest BCUT2D eigenvalue weighted by Crippen LogP contribution is -2.67. The molecule has 2 amide bonds. The van der Waals surface area contributed by atoms with Gasteiger partial charge in [-0.25, -0.2) is 0 Å². The fourth-order valence-electron chi connectivity index (χ4n) is 8.57. The number of carbonyl (C=O) groups excluding carboxylic acids is 2. The van der Waals surface area contributed by atoms with Crippen molar-refractivity contribution in [3.05, 3.63) is 251 Å². The van der Waals surface area contributed by atoms with E-state index in [-0.39, 0.29) is 26.4 Å². The van der Waals surface area contributed by atoms with Crippen LogP contribution >= 0.6 is 0 Å². The summed E-state index contributed by atoms with van der Waals surface area (Å²) >= 11 is 0. The molecule has 0 saturated carbocycles. The van der Waals surface area contributed by atoms with Gasteiger partial charge in [0.1, 0.15) is 30.0 Å². The van der Waals surface area contributed by atoms with Gasteiger partial charge in [-0.05, 0) is 45.5 Å². The Labute approximate surface area is 362 Å². The first kappa shape index (κ1) is 40.9. The van der Waals surface area contributed by atoms with Gasteiger partial charge in [-0.15, -0.1) is 0 Å². The number of ether oxygens (including phenoxy) is 5. The molecule has 1 saturated heterocycles. The van der Waals surface area contributed by atoms with Gasteiger partial charge in [-0.2, -0.15) is 0 Å².